The Morgan fingerprint density at radius 3 is 3.07 bits per heavy atom. The highest BCUT2D eigenvalue weighted by Gasteiger charge is 2.11. The molecule has 0 aliphatic carbocycles. The summed E-state index contributed by atoms with van der Waals surface area (Å²) < 4.78 is 5.22. The summed E-state index contributed by atoms with van der Waals surface area (Å²) in [4.78, 5) is 14.2. The van der Waals surface area contributed by atoms with Crippen LogP contribution >= 0.6 is 0 Å². The molecular formula is C9H9N3O3. The van der Waals surface area contributed by atoms with Crippen LogP contribution in [0.3, 0.4) is 0 Å². The molecule has 15 heavy (non-hydrogen) atoms. The Balaban J connectivity index is 2.23. The fourth-order valence-electron chi connectivity index (χ4n) is 1.18. The monoisotopic (exact) mass is 207 g/mol. The van der Waals surface area contributed by atoms with E-state index in [0.717, 1.165) is 5.69 Å². The van der Waals surface area contributed by atoms with Crippen LogP contribution in [0.2, 0.25) is 0 Å². The van der Waals surface area contributed by atoms with Gasteiger partial charge in [0.15, 0.2) is 5.76 Å². The van der Waals surface area contributed by atoms with Crippen molar-refractivity contribution in [2.45, 2.75) is 13.3 Å². The fourth-order valence-corrected chi connectivity index (χ4v) is 1.18. The molecule has 2 rings (SSSR count). The normalized spacial score (nSPS) is 10.5. The van der Waals surface area contributed by atoms with Crippen LogP contribution in [0.4, 0.5) is 0 Å². The van der Waals surface area contributed by atoms with Gasteiger partial charge in [-0.3, -0.25) is 9.89 Å². The average Bonchev–Trinajstić information content (AvgIpc) is 2.72. The molecule has 0 amide bonds. The molecule has 0 radical (unpaired) electrons. The van der Waals surface area contributed by atoms with Gasteiger partial charge in [-0.05, 0) is 13.0 Å². The first-order valence-corrected chi connectivity index (χ1v) is 4.34. The summed E-state index contributed by atoms with van der Waals surface area (Å²) in [5, 5.41) is 15.3. The van der Waals surface area contributed by atoms with Crippen molar-refractivity contribution in [1.82, 2.24) is 15.2 Å². The Hall–Kier alpha value is -2.11. The molecule has 0 bridgehead atoms. The zero-order chi connectivity index (χ0) is 10.8. The molecule has 0 aliphatic rings. The number of aryl methyl sites for hydroxylation is 1. The Kier molecular flexibility index (Phi) is 2.24. The lowest BCUT2D eigenvalue weighted by atomic mass is 10.3. The minimum atomic E-state index is -0.971. The van der Waals surface area contributed by atoms with E-state index in [4.69, 9.17) is 9.52 Å². The number of hydrogen-bond acceptors (Lipinski definition) is 4. The fraction of sp³-hybridized carbons (Fsp3) is 0.222. The largest absolute Gasteiger partial charge is 0.481 e. The standard InChI is InChI=1S/C9H9N3O3/c1-5-2-6(12-11-5)7-4-10-8(15-7)3-9(13)14/h2,4H,3H2,1H3,(H,11,12)(H,13,14). The van der Waals surface area contributed by atoms with Crippen molar-refractivity contribution in [3.8, 4) is 11.5 Å². The molecule has 2 aromatic heterocycles. The van der Waals surface area contributed by atoms with Crippen molar-refractivity contribution in [3.05, 3.63) is 23.8 Å². The molecule has 2 heterocycles. The highest BCUT2D eigenvalue weighted by molar-refractivity contribution is 5.69. The smallest absolute Gasteiger partial charge is 0.312 e. The van der Waals surface area contributed by atoms with Crippen molar-refractivity contribution >= 4 is 5.97 Å². The molecule has 0 aliphatic heterocycles. The van der Waals surface area contributed by atoms with Gasteiger partial charge < -0.3 is 9.52 Å². The third kappa shape index (κ3) is 2.04. The van der Waals surface area contributed by atoms with Gasteiger partial charge in [-0.15, -0.1) is 0 Å². The first-order chi connectivity index (χ1) is 7.15. The number of carbonyl (C=O) groups is 1. The zero-order valence-corrected chi connectivity index (χ0v) is 8.02. The zero-order valence-electron chi connectivity index (χ0n) is 8.02. The summed E-state index contributed by atoms with van der Waals surface area (Å²) in [6, 6.07) is 1.80. The molecule has 2 aromatic rings. The van der Waals surface area contributed by atoms with Crippen molar-refractivity contribution in [3.63, 3.8) is 0 Å². The van der Waals surface area contributed by atoms with Gasteiger partial charge in [0.05, 0.1) is 6.20 Å². The summed E-state index contributed by atoms with van der Waals surface area (Å²) >= 11 is 0. The molecule has 0 aromatic carbocycles. The van der Waals surface area contributed by atoms with E-state index < -0.39 is 5.97 Å². The maximum absolute atomic E-state index is 10.4. The van der Waals surface area contributed by atoms with Gasteiger partial charge in [0.25, 0.3) is 0 Å². The van der Waals surface area contributed by atoms with Crippen molar-refractivity contribution in [2.75, 3.05) is 0 Å². The second kappa shape index (κ2) is 3.56. The van der Waals surface area contributed by atoms with E-state index in [0.29, 0.717) is 11.5 Å². The van der Waals surface area contributed by atoms with Crippen LogP contribution in [0.5, 0.6) is 0 Å². The van der Waals surface area contributed by atoms with Crippen molar-refractivity contribution in [2.24, 2.45) is 0 Å². The predicted molar refractivity (Wildman–Crippen MR) is 50.2 cm³/mol. The molecule has 0 spiro atoms. The Morgan fingerprint density at radius 2 is 2.47 bits per heavy atom. The average molecular weight is 207 g/mol. The van der Waals surface area contributed by atoms with Crippen LogP contribution in [-0.4, -0.2) is 26.3 Å². The van der Waals surface area contributed by atoms with Crippen LogP contribution in [0, 0.1) is 6.92 Å². The van der Waals surface area contributed by atoms with Crippen molar-refractivity contribution < 1.29 is 14.3 Å². The summed E-state index contributed by atoms with van der Waals surface area (Å²) in [5.41, 5.74) is 1.53. The predicted octanol–water partition coefficient (Wildman–Crippen LogP) is 1.00. The number of nitrogens with zero attached hydrogens (tertiary/aromatic N) is 2. The van der Waals surface area contributed by atoms with Gasteiger partial charge >= 0.3 is 5.97 Å². The van der Waals surface area contributed by atoms with Crippen molar-refractivity contribution in [1.29, 1.82) is 0 Å². The van der Waals surface area contributed by atoms with E-state index in [1.807, 2.05) is 6.92 Å². The highest BCUT2D eigenvalue weighted by Crippen LogP contribution is 2.18. The topological polar surface area (TPSA) is 92.0 Å². The molecule has 78 valence electrons. The van der Waals surface area contributed by atoms with Gasteiger partial charge in [-0.25, -0.2) is 4.98 Å². The van der Waals surface area contributed by atoms with Crippen LogP contribution in [0.1, 0.15) is 11.6 Å². The molecule has 6 heteroatoms. The minimum absolute atomic E-state index is 0.179. The molecule has 6 nitrogen and oxygen atoms in total. The number of rotatable bonds is 3. The summed E-state index contributed by atoms with van der Waals surface area (Å²) in [7, 11) is 0. The number of nitrogens with one attached hydrogen (secondary N) is 1. The Bertz CT molecular complexity index is 486. The van der Waals surface area contributed by atoms with Gasteiger partial charge in [0.2, 0.25) is 5.89 Å². The first-order valence-electron chi connectivity index (χ1n) is 4.34. The summed E-state index contributed by atoms with van der Waals surface area (Å²) in [6.07, 6.45) is 1.25. The third-order valence-electron chi connectivity index (χ3n) is 1.81. The van der Waals surface area contributed by atoms with E-state index in [9.17, 15) is 4.79 Å². The lowest BCUT2D eigenvalue weighted by Gasteiger charge is -1.88. The second-order valence-electron chi connectivity index (χ2n) is 3.12. The maximum Gasteiger partial charge on any atom is 0.312 e. The van der Waals surface area contributed by atoms with E-state index in [1.54, 1.807) is 6.07 Å². The van der Waals surface area contributed by atoms with Crippen LogP contribution < -0.4 is 0 Å². The number of carboxylic acids is 1. The SMILES string of the molecule is Cc1cc(-c2cnc(CC(=O)O)o2)n[nH]1. The summed E-state index contributed by atoms with van der Waals surface area (Å²) in [5.74, 6) is -0.324. The number of H-pyrrole nitrogens is 1. The molecule has 0 fully saturated rings. The van der Waals surface area contributed by atoms with Crippen LogP contribution in [0.25, 0.3) is 11.5 Å². The summed E-state index contributed by atoms with van der Waals surface area (Å²) in [6.45, 7) is 1.87. The first kappa shape index (κ1) is 9.45. The third-order valence-corrected chi connectivity index (χ3v) is 1.81. The number of aromatic amines is 1. The van der Waals surface area contributed by atoms with E-state index in [1.165, 1.54) is 6.20 Å². The number of hydrogen-bond donors (Lipinski definition) is 2. The van der Waals surface area contributed by atoms with Gasteiger partial charge in [0.1, 0.15) is 12.1 Å². The molecule has 0 saturated carbocycles. The number of carboxylic acid groups (broad SMARTS) is 1. The minimum Gasteiger partial charge on any atom is -0.481 e. The van der Waals surface area contributed by atoms with Crippen LogP contribution in [-0.2, 0) is 11.2 Å². The number of oxazole rings is 1. The number of aromatic nitrogens is 3. The van der Waals surface area contributed by atoms with Gasteiger partial charge in [-0.2, -0.15) is 5.10 Å². The van der Waals surface area contributed by atoms with E-state index in [-0.39, 0.29) is 12.3 Å². The number of aliphatic carboxylic acids is 1. The van der Waals surface area contributed by atoms with E-state index >= 15 is 0 Å². The molecule has 0 atom stereocenters. The van der Waals surface area contributed by atoms with Gasteiger partial charge in [0, 0.05) is 5.69 Å². The van der Waals surface area contributed by atoms with Crippen LogP contribution in [0.15, 0.2) is 16.7 Å². The molecule has 0 saturated heterocycles. The van der Waals surface area contributed by atoms with Gasteiger partial charge in [-0.1, -0.05) is 0 Å². The lowest BCUT2D eigenvalue weighted by Crippen LogP contribution is -1.99. The molecular weight excluding hydrogens is 198 g/mol. The molecule has 0 unspecified atom stereocenters. The highest BCUT2D eigenvalue weighted by atomic mass is 16.4. The Morgan fingerprint density at radius 1 is 1.67 bits per heavy atom. The second-order valence-corrected chi connectivity index (χ2v) is 3.12. The molecule has 2 N–H and O–H groups in total. The van der Waals surface area contributed by atoms with E-state index in [2.05, 4.69) is 15.2 Å². The Labute approximate surface area is 85.0 Å². The maximum atomic E-state index is 10.4. The quantitative estimate of drug-likeness (QED) is 0.783. The lowest BCUT2D eigenvalue weighted by molar-refractivity contribution is -0.136.